The highest BCUT2D eigenvalue weighted by Crippen LogP contribution is 2.36. The number of carbonyl (C=O) groups is 4. The molecule has 2 aromatic rings. The van der Waals surface area contributed by atoms with Gasteiger partial charge in [-0.05, 0) is 55.7 Å². The second kappa shape index (κ2) is 10.1. The van der Waals surface area contributed by atoms with E-state index in [1.54, 1.807) is 24.3 Å². The van der Waals surface area contributed by atoms with Crippen molar-refractivity contribution in [3.63, 3.8) is 0 Å². The van der Waals surface area contributed by atoms with Crippen LogP contribution < -0.4 is 16.0 Å². The Morgan fingerprint density at radius 2 is 1.71 bits per heavy atom. The predicted octanol–water partition coefficient (Wildman–Crippen LogP) is 3.10. The Morgan fingerprint density at radius 3 is 2.44 bits per heavy atom. The van der Waals surface area contributed by atoms with Gasteiger partial charge in [-0.2, -0.15) is 0 Å². The Bertz CT molecular complexity index is 1080. The average molecular weight is 463 g/mol. The summed E-state index contributed by atoms with van der Waals surface area (Å²) >= 11 is 0. The number of hydrogen-bond acceptors (Lipinski definition) is 4. The summed E-state index contributed by atoms with van der Waals surface area (Å²) in [5, 5.41) is 8.38. The van der Waals surface area contributed by atoms with Gasteiger partial charge in [0.2, 0.25) is 5.91 Å². The molecule has 0 radical (unpaired) electrons. The summed E-state index contributed by atoms with van der Waals surface area (Å²) < 4.78 is 0. The number of hydrogen-bond donors (Lipinski definition) is 3. The van der Waals surface area contributed by atoms with E-state index in [0.717, 1.165) is 23.3 Å². The van der Waals surface area contributed by atoms with Crippen molar-refractivity contribution in [2.75, 3.05) is 18.4 Å². The van der Waals surface area contributed by atoms with Gasteiger partial charge in [0.15, 0.2) is 0 Å². The van der Waals surface area contributed by atoms with Gasteiger partial charge < -0.3 is 16.0 Å². The molecule has 34 heavy (non-hydrogen) atoms. The fraction of sp³-hybridized carbons (Fsp3) is 0.385. The Hall–Kier alpha value is -3.68. The third kappa shape index (κ3) is 5.11. The molecule has 8 nitrogen and oxygen atoms in total. The first-order valence-electron chi connectivity index (χ1n) is 11.7. The van der Waals surface area contributed by atoms with Gasteiger partial charge in [-0.3, -0.25) is 19.3 Å². The maximum absolute atomic E-state index is 13.0. The SMILES string of the molecule is CC1CCC2(CC1)NC(=O)N(CC(=O)Nc1ccccc1C(=O)NCCc1ccccc1)C2=O. The molecule has 2 aliphatic rings. The molecule has 0 aromatic heterocycles. The molecule has 1 saturated heterocycles. The van der Waals surface area contributed by atoms with Gasteiger partial charge in [-0.25, -0.2) is 4.79 Å². The zero-order chi connectivity index (χ0) is 24.1. The minimum Gasteiger partial charge on any atom is -0.352 e. The molecule has 1 spiro atoms. The van der Waals surface area contributed by atoms with Crippen LogP contribution in [0.25, 0.3) is 0 Å². The lowest BCUT2D eigenvalue weighted by atomic mass is 9.77. The number of anilines is 1. The highest BCUT2D eigenvalue weighted by atomic mass is 16.2. The fourth-order valence-electron chi connectivity index (χ4n) is 4.60. The van der Waals surface area contributed by atoms with Gasteiger partial charge >= 0.3 is 6.03 Å². The van der Waals surface area contributed by atoms with E-state index in [-0.39, 0.29) is 11.8 Å². The highest BCUT2D eigenvalue weighted by molar-refractivity contribution is 6.11. The number of urea groups is 1. The van der Waals surface area contributed by atoms with E-state index in [1.807, 2.05) is 30.3 Å². The second-order valence-electron chi connectivity index (χ2n) is 9.17. The van der Waals surface area contributed by atoms with Crippen molar-refractivity contribution < 1.29 is 19.2 Å². The molecule has 4 rings (SSSR count). The number of para-hydroxylation sites is 1. The standard InChI is InChI=1S/C26H30N4O4/c1-18-11-14-26(15-12-18)24(33)30(25(34)29-26)17-22(31)28-21-10-6-5-9-20(21)23(32)27-16-13-19-7-3-2-4-8-19/h2-10,18H,11-17H2,1H3,(H,27,32)(H,28,31)(H,29,34). The van der Waals surface area contributed by atoms with E-state index in [4.69, 9.17) is 0 Å². The van der Waals surface area contributed by atoms with E-state index in [9.17, 15) is 19.2 Å². The lowest BCUT2D eigenvalue weighted by molar-refractivity contribution is -0.135. The first-order valence-corrected chi connectivity index (χ1v) is 11.7. The Balaban J connectivity index is 1.36. The highest BCUT2D eigenvalue weighted by Gasteiger charge is 2.52. The number of amides is 5. The number of nitrogens with zero attached hydrogens (tertiary/aromatic N) is 1. The largest absolute Gasteiger partial charge is 0.352 e. The summed E-state index contributed by atoms with van der Waals surface area (Å²) in [7, 11) is 0. The van der Waals surface area contributed by atoms with Crippen molar-refractivity contribution in [3.05, 3.63) is 65.7 Å². The summed E-state index contributed by atoms with van der Waals surface area (Å²) in [4.78, 5) is 51.9. The molecule has 3 N–H and O–H groups in total. The van der Waals surface area contributed by atoms with Crippen LogP contribution >= 0.6 is 0 Å². The molecule has 1 aliphatic carbocycles. The molecular weight excluding hydrogens is 432 g/mol. The van der Waals surface area contributed by atoms with Crippen LogP contribution in [-0.2, 0) is 16.0 Å². The minimum absolute atomic E-state index is 0.308. The van der Waals surface area contributed by atoms with Crippen LogP contribution in [0.5, 0.6) is 0 Å². The molecule has 178 valence electrons. The molecule has 5 amide bonds. The van der Waals surface area contributed by atoms with Crippen molar-refractivity contribution in [3.8, 4) is 0 Å². The summed E-state index contributed by atoms with van der Waals surface area (Å²) in [6, 6.07) is 16.0. The molecule has 0 unspecified atom stereocenters. The predicted molar refractivity (Wildman–Crippen MR) is 128 cm³/mol. The van der Waals surface area contributed by atoms with Crippen LogP contribution in [0.1, 0.15) is 48.5 Å². The minimum atomic E-state index is -0.888. The average Bonchev–Trinajstić information content (AvgIpc) is 3.06. The zero-order valence-corrected chi connectivity index (χ0v) is 19.3. The molecular formula is C26H30N4O4. The number of rotatable bonds is 7. The van der Waals surface area contributed by atoms with E-state index >= 15 is 0 Å². The maximum Gasteiger partial charge on any atom is 0.325 e. The van der Waals surface area contributed by atoms with Crippen LogP contribution in [0.4, 0.5) is 10.5 Å². The van der Waals surface area contributed by atoms with E-state index in [2.05, 4.69) is 22.9 Å². The topological polar surface area (TPSA) is 108 Å². The van der Waals surface area contributed by atoms with Gasteiger partial charge in [0.1, 0.15) is 12.1 Å². The molecule has 0 atom stereocenters. The van der Waals surface area contributed by atoms with Crippen LogP contribution in [0.15, 0.2) is 54.6 Å². The number of nitrogens with one attached hydrogen (secondary N) is 3. The molecule has 1 heterocycles. The number of imide groups is 1. The van der Waals surface area contributed by atoms with Crippen LogP contribution in [-0.4, -0.2) is 47.3 Å². The van der Waals surface area contributed by atoms with Crippen molar-refractivity contribution in [2.24, 2.45) is 5.92 Å². The Kier molecular flexibility index (Phi) is 6.95. The smallest absolute Gasteiger partial charge is 0.325 e. The first kappa shape index (κ1) is 23.5. The van der Waals surface area contributed by atoms with Gasteiger partial charge in [0.05, 0.1) is 11.3 Å². The van der Waals surface area contributed by atoms with E-state index in [0.29, 0.717) is 43.0 Å². The van der Waals surface area contributed by atoms with Gasteiger partial charge in [0.25, 0.3) is 11.8 Å². The van der Waals surface area contributed by atoms with Crippen molar-refractivity contribution >= 4 is 29.4 Å². The first-order chi connectivity index (χ1) is 16.4. The quantitative estimate of drug-likeness (QED) is 0.550. The van der Waals surface area contributed by atoms with E-state index in [1.165, 1.54) is 0 Å². The fourth-order valence-corrected chi connectivity index (χ4v) is 4.60. The Morgan fingerprint density at radius 1 is 1.03 bits per heavy atom. The molecule has 0 bridgehead atoms. The van der Waals surface area contributed by atoms with E-state index < -0.39 is 24.0 Å². The summed E-state index contributed by atoms with van der Waals surface area (Å²) in [6.07, 6.45) is 3.58. The monoisotopic (exact) mass is 462 g/mol. The van der Waals surface area contributed by atoms with Gasteiger partial charge in [-0.1, -0.05) is 49.4 Å². The van der Waals surface area contributed by atoms with Crippen LogP contribution in [0.3, 0.4) is 0 Å². The molecule has 2 fully saturated rings. The Labute approximate surface area is 199 Å². The normalized spacial score (nSPS) is 21.9. The molecule has 1 aliphatic heterocycles. The lowest BCUT2D eigenvalue weighted by Gasteiger charge is -2.33. The third-order valence-corrected chi connectivity index (χ3v) is 6.66. The number of benzene rings is 2. The third-order valence-electron chi connectivity index (χ3n) is 6.66. The van der Waals surface area contributed by atoms with Gasteiger partial charge in [0, 0.05) is 6.54 Å². The van der Waals surface area contributed by atoms with Crippen molar-refractivity contribution in [1.29, 1.82) is 0 Å². The summed E-state index contributed by atoms with van der Waals surface area (Å²) in [6.45, 7) is 2.19. The van der Waals surface area contributed by atoms with Crippen LogP contribution in [0, 0.1) is 5.92 Å². The molecule has 8 heteroatoms. The van der Waals surface area contributed by atoms with Gasteiger partial charge in [-0.15, -0.1) is 0 Å². The number of carbonyl (C=O) groups excluding carboxylic acids is 4. The zero-order valence-electron chi connectivity index (χ0n) is 19.3. The molecule has 2 aromatic carbocycles. The second-order valence-corrected chi connectivity index (χ2v) is 9.17. The van der Waals surface area contributed by atoms with Crippen LogP contribution in [0.2, 0.25) is 0 Å². The maximum atomic E-state index is 13.0. The van der Waals surface area contributed by atoms with Crippen molar-refractivity contribution in [1.82, 2.24) is 15.5 Å². The summed E-state index contributed by atoms with van der Waals surface area (Å²) in [5.74, 6) is -0.666. The summed E-state index contributed by atoms with van der Waals surface area (Å²) in [5.41, 5.74) is 0.875. The lowest BCUT2D eigenvalue weighted by Crippen LogP contribution is -2.49. The molecule has 1 saturated carbocycles. The van der Waals surface area contributed by atoms with Crippen molar-refractivity contribution in [2.45, 2.75) is 44.6 Å².